The van der Waals surface area contributed by atoms with Gasteiger partial charge >= 0.3 is 0 Å². The van der Waals surface area contributed by atoms with Gasteiger partial charge in [-0.3, -0.25) is 14.7 Å². The van der Waals surface area contributed by atoms with Gasteiger partial charge in [-0.15, -0.1) is 0 Å². The number of primary amides is 1. The van der Waals surface area contributed by atoms with Crippen LogP contribution in [-0.4, -0.2) is 28.9 Å². The Labute approximate surface area is 172 Å². The number of nitrogens with zero attached hydrogens (tertiary/aromatic N) is 2. The zero-order valence-electron chi connectivity index (χ0n) is 16.6. The summed E-state index contributed by atoms with van der Waals surface area (Å²) >= 11 is 0. The van der Waals surface area contributed by atoms with Crippen molar-refractivity contribution < 1.29 is 4.79 Å². The largest absolute Gasteiger partial charge is 0.369 e. The highest BCUT2D eigenvalue weighted by Crippen LogP contribution is 2.37. The minimum absolute atomic E-state index is 0.203. The van der Waals surface area contributed by atoms with Crippen LogP contribution in [0.1, 0.15) is 24.1 Å². The van der Waals surface area contributed by atoms with E-state index in [-0.39, 0.29) is 5.91 Å². The van der Waals surface area contributed by atoms with Crippen LogP contribution in [0.15, 0.2) is 79.0 Å². The van der Waals surface area contributed by atoms with Crippen LogP contribution in [0.25, 0.3) is 11.1 Å². The smallest absolute Gasteiger partial charge is 0.225 e. The van der Waals surface area contributed by atoms with E-state index in [2.05, 4.69) is 40.2 Å². The number of nitrogens with two attached hydrogens (primary N) is 1. The average molecular weight is 386 g/mol. The van der Waals surface area contributed by atoms with Crippen molar-refractivity contribution in [1.29, 1.82) is 0 Å². The Morgan fingerprint density at radius 3 is 2.52 bits per heavy atom. The zero-order valence-corrected chi connectivity index (χ0v) is 16.6. The van der Waals surface area contributed by atoms with Crippen molar-refractivity contribution in [2.75, 3.05) is 13.1 Å². The Kier molecular flexibility index (Phi) is 5.72. The third-order valence-electron chi connectivity index (χ3n) is 5.92. The molecule has 1 amide bonds. The van der Waals surface area contributed by atoms with E-state index >= 15 is 0 Å². The molecule has 1 atom stereocenters. The van der Waals surface area contributed by atoms with Crippen LogP contribution in [0.3, 0.4) is 0 Å². The van der Waals surface area contributed by atoms with Gasteiger partial charge in [0, 0.05) is 19.3 Å². The summed E-state index contributed by atoms with van der Waals surface area (Å²) in [4.78, 5) is 19.5. The minimum atomic E-state index is -0.558. The van der Waals surface area contributed by atoms with E-state index in [1.54, 1.807) is 0 Å². The first-order chi connectivity index (χ1) is 14.2. The molecule has 2 N–H and O–H groups in total. The van der Waals surface area contributed by atoms with Crippen LogP contribution >= 0.6 is 0 Å². The molecular formula is C25H27N3O. The van der Waals surface area contributed by atoms with E-state index in [9.17, 15) is 4.79 Å². The summed E-state index contributed by atoms with van der Waals surface area (Å²) < 4.78 is 0. The van der Waals surface area contributed by atoms with E-state index in [1.807, 2.05) is 48.7 Å². The molecule has 0 aliphatic carbocycles. The fourth-order valence-electron chi connectivity index (χ4n) is 4.45. The number of amides is 1. The normalized spacial score (nSPS) is 19.7. The number of likely N-dealkylation sites (tertiary alicyclic amines) is 1. The molecule has 2 aromatic carbocycles. The summed E-state index contributed by atoms with van der Waals surface area (Å²) in [5.74, 6) is -0.203. The highest BCUT2D eigenvalue weighted by atomic mass is 16.1. The Morgan fingerprint density at radius 1 is 1.00 bits per heavy atom. The number of aromatic nitrogens is 1. The molecule has 1 aliphatic heterocycles. The lowest BCUT2D eigenvalue weighted by Crippen LogP contribution is -2.51. The maximum atomic E-state index is 12.7. The molecule has 0 saturated carbocycles. The monoisotopic (exact) mass is 385 g/mol. The molecule has 3 aromatic rings. The maximum Gasteiger partial charge on any atom is 0.225 e. The number of hydrogen-bond donors (Lipinski definition) is 1. The van der Waals surface area contributed by atoms with Crippen molar-refractivity contribution in [3.63, 3.8) is 0 Å². The summed E-state index contributed by atoms with van der Waals surface area (Å²) in [5.41, 5.74) is 10.0. The van der Waals surface area contributed by atoms with Crippen molar-refractivity contribution in [3.05, 3.63) is 90.3 Å². The molecule has 1 saturated heterocycles. The topological polar surface area (TPSA) is 59.2 Å². The van der Waals surface area contributed by atoms with Gasteiger partial charge in [-0.2, -0.15) is 0 Å². The van der Waals surface area contributed by atoms with Crippen molar-refractivity contribution in [3.8, 4) is 11.1 Å². The number of pyridine rings is 1. The molecule has 4 rings (SSSR count). The summed E-state index contributed by atoms with van der Waals surface area (Å²) in [5, 5.41) is 0. The van der Waals surface area contributed by atoms with E-state index in [0.717, 1.165) is 31.6 Å². The molecule has 1 unspecified atom stereocenters. The lowest BCUT2D eigenvalue weighted by molar-refractivity contribution is -0.131. The highest BCUT2D eigenvalue weighted by molar-refractivity contribution is 5.82. The molecule has 0 spiro atoms. The van der Waals surface area contributed by atoms with Crippen molar-refractivity contribution in [1.82, 2.24) is 9.88 Å². The van der Waals surface area contributed by atoms with Gasteiger partial charge in [-0.25, -0.2) is 0 Å². The lowest BCUT2D eigenvalue weighted by Gasteiger charge is -2.41. The van der Waals surface area contributed by atoms with Gasteiger partial charge in [-0.05, 0) is 54.6 Å². The molecule has 2 heterocycles. The fourth-order valence-corrected chi connectivity index (χ4v) is 4.45. The highest BCUT2D eigenvalue weighted by Gasteiger charge is 2.41. The van der Waals surface area contributed by atoms with Gasteiger partial charge in [0.15, 0.2) is 0 Å². The summed E-state index contributed by atoms with van der Waals surface area (Å²) in [6.07, 6.45) is 4.26. The van der Waals surface area contributed by atoms with Crippen LogP contribution in [-0.2, 0) is 17.8 Å². The lowest BCUT2D eigenvalue weighted by atomic mass is 9.73. The first-order valence-corrected chi connectivity index (χ1v) is 10.2. The number of carbonyl (C=O) groups excluding carboxylic acids is 1. The van der Waals surface area contributed by atoms with Gasteiger partial charge in [0.2, 0.25) is 5.91 Å². The number of carbonyl (C=O) groups is 1. The number of benzene rings is 2. The van der Waals surface area contributed by atoms with Crippen LogP contribution < -0.4 is 5.73 Å². The molecule has 4 nitrogen and oxygen atoms in total. The standard InChI is InChI=1S/C25H27N3O/c26-24(29)25(14-8-16-28(19-25)18-22-12-6-7-15-27-22)17-21-11-4-5-13-23(21)20-9-2-1-3-10-20/h1-7,9-13,15H,8,14,16-19H2,(H2,26,29). The summed E-state index contributed by atoms with van der Waals surface area (Å²) in [6, 6.07) is 24.7. The predicted octanol–water partition coefficient (Wildman–Crippen LogP) is 4.06. The molecule has 0 radical (unpaired) electrons. The van der Waals surface area contributed by atoms with Crippen molar-refractivity contribution in [2.24, 2.45) is 11.1 Å². The minimum Gasteiger partial charge on any atom is -0.369 e. The molecule has 4 heteroatoms. The Balaban J connectivity index is 1.61. The van der Waals surface area contributed by atoms with E-state index in [1.165, 1.54) is 16.7 Å². The third-order valence-corrected chi connectivity index (χ3v) is 5.92. The Hall–Kier alpha value is -2.98. The van der Waals surface area contributed by atoms with Gasteiger partial charge in [0.25, 0.3) is 0 Å². The molecule has 1 fully saturated rings. The molecule has 1 aliphatic rings. The second-order valence-corrected chi connectivity index (χ2v) is 7.98. The SMILES string of the molecule is NC(=O)C1(Cc2ccccc2-c2ccccc2)CCCN(Cc2ccccn2)C1. The van der Waals surface area contributed by atoms with E-state index in [0.29, 0.717) is 13.0 Å². The maximum absolute atomic E-state index is 12.7. The fraction of sp³-hybridized carbons (Fsp3) is 0.280. The number of hydrogen-bond acceptors (Lipinski definition) is 3. The molecule has 1 aromatic heterocycles. The summed E-state index contributed by atoms with van der Waals surface area (Å²) in [6.45, 7) is 2.38. The average Bonchev–Trinajstić information content (AvgIpc) is 2.76. The van der Waals surface area contributed by atoms with Gasteiger partial charge in [0.1, 0.15) is 0 Å². The van der Waals surface area contributed by atoms with Crippen LogP contribution in [0, 0.1) is 5.41 Å². The second-order valence-electron chi connectivity index (χ2n) is 7.98. The summed E-state index contributed by atoms with van der Waals surface area (Å²) in [7, 11) is 0. The predicted molar refractivity (Wildman–Crippen MR) is 116 cm³/mol. The first kappa shape index (κ1) is 19.3. The van der Waals surface area contributed by atoms with E-state index < -0.39 is 5.41 Å². The van der Waals surface area contributed by atoms with Gasteiger partial charge < -0.3 is 5.73 Å². The van der Waals surface area contributed by atoms with E-state index in [4.69, 9.17) is 5.73 Å². The quantitative estimate of drug-likeness (QED) is 0.696. The molecular weight excluding hydrogens is 358 g/mol. The van der Waals surface area contributed by atoms with Gasteiger partial charge in [-0.1, -0.05) is 60.7 Å². The van der Waals surface area contributed by atoms with Crippen molar-refractivity contribution >= 4 is 5.91 Å². The molecule has 29 heavy (non-hydrogen) atoms. The van der Waals surface area contributed by atoms with Gasteiger partial charge in [0.05, 0.1) is 11.1 Å². The number of piperidine rings is 1. The molecule has 148 valence electrons. The number of rotatable bonds is 6. The van der Waals surface area contributed by atoms with Crippen LogP contribution in [0.5, 0.6) is 0 Å². The second kappa shape index (κ2) is 8.58. The Morgan fingerprint density at radius 2 is 1.76 bits per heavy atom. The molecule has 0 bridgehead atoms. The van der Waals surface area contributed by atoms with Crippen LogP contribution in [0.4, 0.5) is 0 Å². The van der Waals surface area contributed by atoms with Crippen molar-refractivity contribution in [2.45, 2.75) is 25.8 Å². The Bertz CT molecular complexity index is 958. The third kappa shape index (κ3) is 4.38. The first-order valence-electron chi connectivity index (χ1n) is 10.2. The zero-order chi connectivity index (χ0) is 20.1. The van der Waals surface area contributed by atoms with Crippen LogP contribution in [0.2, 0.25) is 0 Å².